The van der Waals surface area contributed by atoms with Gasteiger partial charge in [-0.05, 0) is 29.3 Å². The molecule has 0 amide bonds. The van der Waals surface area contributed by atoms with Crippen LogP contribution < -0.4 is 5.73 Å². The number of aliphatic hydroxyl groups excluding tert-OH is 1. The molecule has 0 aromatic heterocycles. The van der Waals surface area contributed by atoms with E-state index in [9.17, 15) is 5.11 Å². The molecule has 0 fully saturated rings. The molecule has 0 aliphatic carbocycles. The Labute approximate surface area is 116 Å². The molecule has 0 radical (unpaired) electrons. The average molecular weight is 282 g/mol. The summed E-state index contributed by atoms with van der Waals surface area (Å²) in [5.74, 6) is 0. The summed E-state index contributed by atoms with van der Waals surface area (Å²) in [4.78, 5) is 0. The van der Waals surface area contributed by atoms with Gasteiger partial charge in [0.25, 0.3) is 0 Å². The van der Waals surface area contributed by atoms with Crippen molar-refractivity contribution in [2.75, 3.05) is 0 Å². The van der Waals surface area contributed by atoms with Gasteiger partial charge in [0.1, 0.15) is 0 Å². The Hall–Kier alpha value is -1.06. The van der Waals surface area contributed by atoms with Crippen LogP contribution in [-0.4, -0.2) is 5.11 Å². The molecule has 2 rings (SSSR count). The lowest BCUT2D eigenvalue weighted by Gasteiger charge is -2.20. The highest BCUT2D eigenvalue weighted by Crippen LogP contribution is 2.30. The van der Waals surface area contributed by atoms with Gasteiger partial charge in [0.2, 0.25) is 0 Å². The van der Waals surface area contributed by atoms with Crippen molar-refractivity contribution in [3.8, 4) is 0 Å². The Kier molecular flexibility index (Phi) is 4.25. The lowest BCUT2D eigenvalue weighted by molar-refractivity contribution is 0.147. The van der Waals surface area contributed by atoms with E-state index in [2.05, 4.69) is 0 Å². The second-order valence-electron chi connectivity index (χ2n) is 4.08. The van der Waals surface area contributed by atoms with Crippen molar-refractivity contribution >= 4 is 23.2 Å². The number of benzene rings is 2. The van der Waals surface area contributed by atoms with Crippen LogP contribution in [0.1, 0.15) is 23.3 Å². The van der Waals surface area contributed by atoms with Crippen molar-refractivity contribution in [2.45, 2.75) is 12.1 Å². The molecule has 2 aromatic rings. The quantitative estimate of drug-likeness (QED) is 0.901. The first-order valence-electron chi connectivity index (χ1n) is 5.52. The summed E-state index contributed by atoms with van der Waals surface area (Å²) in [6, 6.07) is 13.9. The van der Waals surface area contributed by atoms with Crippen LogP contribution in [0.3, 0.4) is 0 Å². The number of aliphatic hydroxyl groups is 1. The number of hydrogen-bond donors (Lipinski definition) is 2. The van der Waals surface area contributed by atoms with Crippen LogP contribution in [0.2, 0.25) is 10.0 Å². The molecule has 0 bridgehead atoms. The van der Waals surface area contributed by atoms with Crippen molar-refractivity contribution in [1.82, 2.24) is 0 Å². The van der Waals surface area contributed by atoms with Crippen molar-refractivity contribution in [3.05, 3.63) is 69.7 Å². The Morgan fingerprint density at radius 2 is 1.44 bits per heavy atom. The summed E-state index contributed by atoms with van der Waals surface area (Å²) in [5, 5.41) is 11.2. The van der Waals surface area contributed by atoms with Crippen LogP contribution in [0, 0.1) is 0 Å². The molecular formula is C14H13Cl2NO. The lowest BCUT2D eigenvalue weighted by Crippen LogP contribution is -2.19. The van der Waals surface area contributed by atoms with Crippen LogP contribution in [0.15, 0.2) is 48.5 Å². The molecule has 0 aliphatic rings. The minimum atomic E-state index is -0.844. The lowest BCUT2D eigenvalue weighted by atomic mass is 9.97. The molecule has 0 saturated carbocycles. The zero-order valence-electron chi connectivity index (χ0n) is 9.55. The van der Waals surface area contributed by atoms with Gasteiger partial charge >= 0.3 is 0 Å². The van der Waals surface area contributed by atoms with Crippen molar-refractivity contribution in [3.63, 3.8) is 0 Å². The van der Waals surface area contributed by atoms with Crippen LogP contribution in [-0.2, 0) is 0 Å². The van der Waals surface area contributed by atoms with E-state index in [-0.39, 0.29) is 0 Å². The first-order valence-corrected chi connectivity index (χ1v) is 6.28. The Morgan fingerprint density at radius 1 is 0.889 bits per heavy atom. The predicted octanol–water partition coefficient (Wildman–Crippen LogP) is 3.73. The largest absolute Gasteiger partial charge is 0.386 e. The molecule has 2 aromatic carbocycles. The molecule has 2 unspecified atom stereocenters. The van der Waals surface area contributed by atoms with Crippen molar-refractivity contribution < 1.29 is 5.11 Å². The molecule has 18 heavy (non-hydrogen) atoms. The maximum Gasteiger partial charge on any atom is 0.0983 e. The van der Waals surface area contributed by atoms with Gasteiger partial charge in [-0.2, -0.15) is 0 Å². The third-order valence-electron chi connectivity index (χ3n) is 2.75. The minimum Gasteiger partial charge on any atom is -0.386 e. The third kappa shape index (κ3) is 3.03. The van der Waals surface area contributed by atoms with Gasteiger partial charge in [-0.25, -0.2) is 0 Å². The van der Waals surface area contributed by atoms with E-state index in [0.717, 1.165) is 5.56 Å². The Balaban J connectivity index is 2.28. The van der Waals surface area contributed by atoms with E-state index < -0.39 is 12.1 Å². The maximum absolute atomic E-state index is 10.2. The molecule has 0 spiro atoms. The highest BCUT2D eigenvalue weighted by atomic mass is 35.5. The van der Waals surface area contributed by atoms with E-state index in [1.54, 1.807) is 18.2 Å². The summed E-state index contributed by atoms with van der Waals surface area (Å²) >= 11 is 11.8. The molecule has 0 aliphatic heterocycles. The predicted molar refractivity (Wildman–Crippen MR) is 74.8 cm³/mol. The Bertz CT molecular complexity index is 510. The molecule has 94 valence electrons. The number of halogens is 2. The standard InChI is InChI=1S/C14H13Cl2NO/c15-11-6-10(7-12(16)8-11)14(18)13(17)9-4-2-1-3-5-9/h1-8,13-14,18H,17H2. The van der Waals surface area contributed by atoms with Gasteiger partial charge in [0.05, 0.1) is 12.1 Å². The van der Waals surface area contributed by atoms with Crippen LogP contribution >= 0.6 is 23.2 Å². The van der Waals surface area contributed by atoms with Gasteiger partial charge in [0, 0.05) is 10.0 Å². The molecule has 4 heteroatoms. The smallest absolute Gasteiger partial charge is 0.0983 e. The monoisotopic (exact) mass is 281 g/mol. The number of nitrogens with two attached hydrogens (primary N) is 1. The topological polar surface area (TPSA) is 46.2 Å². The van der Waals surface area contributed by atoms with Gasteiger partial charge in [-0.3, -0.25) is 0 Å². The van der Waals surface area contributed by atoms with E-state index in [0.29, 0.717) is 15.6 Å². The molecule has 0 saturated heterocycles. The SMILES string of the molecule is NC(c1ccccc1)C(O)c1cc(Cl)cc(Cl)c1. The zero-order chi connectivity index (χ0) is 13.1. The van der Waals surface area contributed by atoms with Gasteiger partial charge < -0.3 is 10.8 Å². The summed E-state index contributed by atoms with van der Waals surface area (Å²) in [6.07, 6.45) is -0.844. The molecule has 2 nitrogen and oxygen atoms in total. The van der Waals surface area contributed by atoms with Crippen LogP contribution in [0.25, 0.3) is 0 Å². The fraction of sp³-hybridized carbons (Fsp3) is 0.143. The second-order valence-corrected chi connectivity index (χ2v) is 4.96. The van der Waals surface area contributed by atoms with Crippen LogP contribution in [0.5, 0.6) is 0 Å². The highest BCUT2D eigenvalue weighted by molar-refractivity contribution is 6.34. The molecule has 0 heterocycles. The number of rotatable bonds is 3. The first-order chi connectivity index (χ1) is 8.58. The van der Waals surface area contributed by atoms with Crippen molar-refractivity contribution in [1.29, 1.82) is 0 Å². The third-order valence-corrected chi connectivity index (χ3v) is 3.19. The number of hydrogen-bond acceptors (Lipinski definition) is 2. The van der Waals surface area contributed by atoms with E-state index in [1.165, 1.54) is 0 Å². The van der Waals surface area contributed by atoms with E-state index in [4.69, 9.17) is 28.9 Å². The maximum atomic E-state index is 10.2. The zero-order valence-corrected chi connectivity index (χ0v) is 11.1. The second kappa shape index (κ2) is 5.72. The summed E-state index contributed by atoms with van der Waals surface area (Å²) in [6.45, 7) is 0. The molecule has 3 N–H and O–H groups in total. The normalized spacial score (nSPS) is 14.2. The van der Waals surface area contributed by atoms with Crippen molar-refractivity contribution in [2.24, 2.45) is 5.73 Å². The van der Waals surface area contributed by atoms with Gasteiger partial charge in [-0.15, -0.1) is 0 Å². The minimum absolute atomic E-state index is 0.483. The average Bonchev–Trinajstić information content (AvgIpc) is 2.37. The fourth-order valence-electron chi connectivity index (χ4n) is 1.81. The first kappa shape index (κ1) is 13.4. The van der Waals surface area contributed by atoms with E-state index >= 15 is 0 Å². The van der Waals surface area contributed by atoms with Crippen LogP contribution in [0.4, 0.5) is 0 Å². The summed E-state index contributed by atoms with van der Waals surface area (Å²) in [7, 11) is 0. The molecule has 2 atom stereocenters. The highest BCUT2D eigenvalue weighted by Gasteiger charge is 2.19. The fourth-order valence-corrected chi connectivity index (χ4v) is 2.35. The molecular weight excluding hydrogens is 269 g/mol. The summed E-state index contributed by atoms with van der Waals surface area (Å²) < 4.78 is 0. The Morgan fingerprint density at radius 3 is 2.00 bits per heavy atom. The van der Waals surface area contributed by atoms with E-state index in [1.807, 2.05) is 30.3 Å². The van der Waals surface area contributed by atoms with Gasteiger partial charge in [-0.1, -0.05) is 53.5 Å². The summed E-state index contributed by atoms with van der Waals surface area (Å²) in [5.41, 5.74) is 7.51. The van der Waals surface area contributed by atoms with Gasteiger partial charge in [0.15, 0.2) is 0 Å².